The number of esters is 1. The zero-order valence-corrected chi connectivity index (χ0v) is 13.7. The maximum absolute atomic E-state index is 12.2. The molecule has 2 aromatic carbocycles. The third kappa shape index (κ3) is 2.93. The minimum absolute atomic E-state index is 0.00273. The van der Waals surface area contributed by atoms with Gasteiger partial charge in [-0.2, -0.15) is 0 Å². The number of nitrogens with zero attached hydrogens (tertiary/aromatic N) is 2. The summed E-state index contributed by atoms with van der Waals surface area (Å²) in [4.78, 5) is 27.0. The lowest BCUT2D eigenvalue weighted by Gasteiger charge is -2.26. The number of ether oxygens (including phenoxy) is 2. The Morgan fingerprint density at radius 2 is 1.88 bits per heavy atom. The van der Waals surface area contributed by atoms with E-state index in [4.69, 9.17) is 4.74 Å². The van der Waals surface area contributed by atoms with E-state index in [2.05, 4.69) is 9.72 Å². The molecule has 1 N–H and O–H groups in total. The topological polar surface area (TPSA) is 112 Å². The molecule has 3 aromatic rings. The highest BCUT2D eigenvalue weighted by molar-refractivity contribution is 5.92. The summed E-state index contributed by atoms with van der Waals surface area (Å²) in [5.74, 6) is -3.47. The molecule has 0 radical (unpaired) electrons. The number of nitro benzene ring substituents is 1. The second-order valence-electron chi connectivity index (χ2n) is 5.34. The molecule has 1 heterocycles. The van der Waals surface area contributed by atoms with Crippen molar-refractivity contribution in [2.24, 2.45) is 0 Å². The molecule has 8 heteroatoms. The number of hydrogen-bond acceptors (Lipinski definition) is 7. The maximum atomic E-state index is 12.2. The zero-order valence-electron chi connectivity index (χ0n) is 13.7. The van der Waals surface area contributed by atoms with Crippen molar-refractivity contribution >= 4 is 22.6 Å². The van der Waals surface area contributed by atoms with Crippen molar-refractivity contribution in [1.29, 1.82) is 0 Å². The van der Waals surface area contributed by atoms with E-state index in [9.17, 15) is 20.0 Å². The normalized spacial score (nSPS) is 13.0. The number of carbonyl (C=O) groups is 1. The number of nitro groups is 1. The standard InChI is InChI=1S/C18H14N2O6/c1-25-17(21)18(22,12-6-3-2-4-7-12)26-15-10-9-14(20(23)24)13-8-5-11-19-16(13)15/h2-11,22H,1H3/t18-/m1/s1. The van der Waals surface area contributed by atoms with Gasteiger partial charge in [0, 0.05) is 17.8 Å². The first-order valence-corrected chi connectivity index (χ1v) is 7.55. The van der Waals surface area contributed by atoms with Crippen molar-refractivity contribution in [2.75, 3.05) is 7.11 Å². The Balaban J connectivity index is 2.16. The highest BCUT2D eigenvalue weighted by Gasteiger charge is 2.43. The molecular formula is C18H14N2O6. The van der Waals surface area contributed by atoms with Gasteiger partial charge in [0.15, 0.2) is 5.75 Å². The molecule has 0 fully saturated rings. The largest absolute Gasteiger partial charge is 0.464 e. The van der Waals surface area contributed by atoms with Crippen LogP contribution in [-0.4, -0.2) is 28.1 Å². The molecule has 1 aromatic heterocycles. The molecule has 0 saturated carbocycles. The average Bonchev–Trinajstić information content (AvgIpc) is 2.67. The van der Waals surface area contributed by atoms with Gasteiger partial charge in [-0.25, -0.2) is 4.79 Å². The van der Waals surface area contributed by atoms with Gasteiger partial charge in [-0.15, -0.1) is 0 Å². The summed E-state index contributed by atoms with van der Waals surface area (Å²) in [5.41, 5.74) is 0.121. The zero-order chi connectivity index (χ0) is 18.7. The summed E-state index contributed by atoms with van der Waals surface area (Å²) in [5, 5.41) is 22.3. The molecule has 26 heavy (non-hydrogen) atoms. The molecule has 132 valence electrons. The van der Waals surface area contributed by atoms with Crippen LogP contribution < -0.4 is 4.74 Å². The Labute approximate surface area is 147 Å². The summed E-state index contributed by atoms with van der Waals surface area (Å²) in [6.07, 6.45) is 1.43. The molecule has 0 aliphatic rings. The van der Waals surface area contributed by atoms with Gasteiger partial charge in [0.1, 0.15) is 5.52 Å². The Morgan fingerprint density at radius 1 is 1.15 bits per heavy atom. The number of rotatable bonds is 5. The van der Waals surface area contributed by atoms with Crippen LogP contribution in [0, 0.1) is 10.1 Å². The maximum Gasteiger partial charge on any atom is 0.384 e. The fourth-order valence-corrected chi connectivity index (χ4v) is 2.55. The van der Waals surface area contributed by atoms with E-state index in [-0.39, 0.29) is 27.9 Å². The first-order valence-electron chi connectivity index (χ1n) is 7.55. The number of methoxy groups -OCH3 is 1. The Kier molecular flexibility index (Phi) is 4.51. The van der Waals surface area contributed by atoms with Crippen LogP contribution >= 0.6 is 0 Å². The van der Waals surface area contributed by atoms with E-state index in [0.717, 1.165) is 7.11 Å². The lowest BCUT2D eigenvalue weighted by atomic mass is 10.1. The van der Waals surface area contributed by atoms with Gasteiger partial charge < -0.3 is 14.6 Å². The fraction of sp³-hybridized carbons (Fsp3) is 0.111. The quantitative estimate of drug-likeness (QED) is 0.324. The minimum atomic E-state index is -2.43. The summed E-state index contributed by atoms with van der Waals surface area (Å²) >= 11 is 0. The van der Waals surface area contributed by atoms with Gasteiger partial charge in [0.2, 0.25) is 0 Å². The monoisotopic (exact) mass is 354 g/mol. The lowest BCUT2D eigenvalue weighted by molar-refractivity contribution is -0.383. The fourth-order valence-electron chi connectivity index (χ4n) is 2.55. The van der Waals surface area contributed by atoms with E-state index < -0.39 is 16.7 Å². The summed E-state index contributed by atoms with van der Waals surface area (Å²) in [6, 6.07) is 13.5. The van der Waals surface area contributed by atoms with Crippen LogP contribution in [-0.2, 0) is 15.3 Å². The molecule has 0 spiro atoms. The number of hydrogen-bond donors (Lipinski definition) is 1. The molecule has 0 bridgehead atoms. The molecule has 0 amide bonds. The van der Waals surface area contributed by atoms with Gasteiger partial charge >= 0.3 is 11.8 Å². The van der Waals surface area contributed by atoms with Crippen molar-refractivity contribution in [1.82, 2.24) is 4.98 Å². The number of aromatic nitrogens is 1. The molecule has 0 aliphatic carbocycles. The summed E-state index contributed by atoms with van der Waals surface area (Å²) in [6.45, 7) is 0. The van der Waals surface area contributed by atoms with Crippen molar-refractivity contribution in [3.8, 4) is 5.75 Å². The van der Waals surface area contributed by atoms with Crippen molar-refractivity contribution in [3.05, 3.63) is 76.5 Å². The third-order valence-electron chi connectivity index (χ3n) is 3.79. The molecule has 0 unspecified atom stereocenters. The van der Waals surface area contributed by atoms with Crippen LogP contribution in [0.2, 0.25) is 0 Å². The SMILES string of the molecule is COC(=O)[C@](O)(Oc1ccc([N+](=O)[O-])c2cccnc12)c1ccccc1. The first-order chi connectivity index (χ1) is 12.5. The number of benzene rings is 2. The van der Waals surface area contributed by atoms with E-state index in [1.165, 1.54) is 36.5 Å². The number of fused-ring (bicyclic) bond motifs is 1. The highest BCUT2D eigenvalue weighted by atomic mass is 16.7. The second kappa shape index (κ2) is 6.77. The van der Waals surface area contributed by atoms with E-state index in [0.29, 0.717) is 0 Å². The molecule has 0 aliphatic heterocycles. The van der Waals surface area contributed by atoms with Crippen molar-refractivity contribution < 1.29 is 24.3 Å². The van der Waals surface area contributed by atoms with E-state index >= 15 is 0 Å². The van der Waals surface area contributed by atoms with Gasteiger partial charge in [-0.3, -0.25) is 15.1 Å². The van der Waals surface area contributed by atoms with Crippen LogP contribution in [0.3, 0.4) is 0 Å². The molecule has 1 atom stereocenters. The Bertz CT molecular complexity index is 976. The second-order valence-corrected chi connectivity index (χ2v) is 5.34. The molecule has 8 nitrogen and oxygen atoms in total. The van der Waals surface area contributed by atoms with Crippen LogP contribution in [0.5, 0.6) is 5.75 Å². The Hall–Kier alpha value is -3.52. The van der Waals surface area contributed by atoms with Crippen LogP contribution in [0.1, 0.15) is 5.56 Å². The van der Waals surface area contributed by atoms with Crippen molar-refractivity contribution in [3.63, 3.8) is 0 Å². The summed E-state index contributed by atoms with van der Waals surface area (Å²) in [7, 11) is 1.12. The van der Waals surface area contributed by atoms with Gasteiger partial charge in [-0.1, -0.05) is 30.3 Å². The Morgan fingerprint density at radius 3 is 2.54 bits per heavy atom. The molecule has 3 rings (SSSR count). The van der Waals surface area contributed by atoms with Gasteiger partial charge in [0.25, 0.3) is 5.69 Å². The number of pyridine rings is 1. The van der Waals surface area contributed by atoms with E-state index in [1.54, 1.807) is 24.3 Å². The van der Waals surface area contributed by atoms with E-state index in [1.807, 2.05) is 0 Å². The predicted octanol–water partition coefficient (Wildman–Crippen LogP) is 2.54. The number of carbonyl (C=O) groups excluding carboxylic acids is 1. The molecule has 0 saturated heterocycles. The first kappa shape index (κ1) is 17.3. The smallest absolute Gasteiger partial charge is 0.384 e. The lowest BCUT2D eigenvalue weighted by Crippen LogP contribution is -2.42. The molecular weight excluding hydrogens is 340 g/mol. The van der Waals surface area contributed by atoms with Crippen LogP contribution in [0.25, 0.3) is 10.9 Å². The minimum Gasteiger partial charge on any atom is -0.464 e. The number of aliphatic hydroxyl groups is 1. The van der Waals surface area contributed by atoms with Crippen LogP contribution in [0.4, 0.5) is 5.69 Å². The number of non-ortho nitro benzene ring substituents is 1. The van der Waals surface area contributed by atoms with Gasteiger partial charge in [-0.05, 0) is 18.2 Å². The van der Waals surface area contributed by atoms with Crippen molar-refractivity contribution in [2.45, 2.75) is 5.79 Å². The third-order valence-corrected chi connectivity index (χ3v) is 3.79. The highest BCUT2D eigenvalue weighted by Crippen LogP contribution is 2.35. The van der Waals surface area contributed by atoms with Gasteiger partial charge in [0.05, 0.1) is 17.4 Å². The van der Waals surface area contributed by atoms with Crippen LogP contribution in [0.15, 0.2) is 60.8 Å². The predicted molar refractivity (Wildman–Crippen MR) is 91.4 cm³/mol. The average molecular weight is 354 g/mol. The summed E-state index contributed by atoms with van der Waals surface area (Å²) < 4.78 is 10.3.